The molecule has 7 nitrogen and oxygen atoms in total. The second-order valence-corrected chi connectivity index (χ2v) is 7.93. The van der Waals surface area contributed by atoms with Gasteiger partial charge in [0.05, 0.1) is 6.54 Å². The van der Waals surface area contributed by atoms with Crippen LogP contribution in [0, 0.1) is 0 Å². The summed E-state index contributed by atoms with van der Waals surface area (Å²) in [5, 5.41) is 8.71. The van der Waals surface area contributed by atoms with E-state index in [0.29, 0.717) is 25.2 Å². The number of ether oxygens (including phenoxy) is 1. The number of rotatable bonds is 5. The van der Waals surface area contributed by atoms with Crippen LogP contribution in [0.2, 0.25) is 0 Å². The molecule has 2 amide bonds. The number of dihydropyridines is 1. The Hall–Kier alpha value is -3.27. The van der Waals surface area contributed by atoms with Crippen LogP contribution in [0.4, 0.5) is 23.7 Å². The van der Waals surface area contributed by atoms with E-state index >= 15 is 0 Å². The first-order valence-electron chi connectivity index (χ1n) is 10.3. The second-order valence-electron chi connectivity index (χ2n) is 7.93. The zero-order chi connectivity index (χ0) is 22.8. The molecule has 0 spiro atoms. The second kappa shape index (κ2) is 8.70. The van der Waals surface area contributed by atoms with Crippen LogP contribution < -0.4 is 20.7 Å². The molecule has 3 heterocycles. The normalized spacial score (nSPS) is 22.4. The van der Waals surface area contributed by atoms with Crippen molar-refractivity contribution in [2.45, 2.75) is 31.0 Å². The van der Waals surface area contributed by atoms with E-state index in [4.69, 9.17) is 4.74 Å². The van der Waals surface area contributed by atoms with Gasteiger partial charge in [-0.05, 0) is 60.9 Å². The molecule has 1 aromatic rings. The van der Waals surface area contributed by atoms with E-state index in [1.165, 1.54) is 12.1 Å². The fraction of sp³-hybridized carbons (Fsp3) is 0.364. The number of nitrogens with zero attached hydrogens (tertiary/aromatic N) is 1. The van der Waals surface area contributed by atoms with Gasteiger partial charge in [-0.2, -0.15) is 13.2 Å². The molecule has 3 aliphatic heterocycles. The summed E-state index contributed by atoms with van der Waals surface area (Å²) in [7, 11) is 0. The van der Waals surface area contributed by atoms with Gasteiger partial charge in [0.15, 0.2) is 11.4 Å². The molecule has 32 heavy (non-hydrogen) atoms. The molecular formula is C22H23F3N4O3. The molecule has 0 bridgehead atoms. The summed E-state index contributed by atoms with van der Waals surface area (Å²) in [4.78, 5) is 26.5. The number of Topliss-reactive ketones (excluding diaryl/α,β-unsaturated/α-hetero) is 1. The molecule has 1 unspecified atom stereocenters. The van der Waals surface area contributed by atoms with Gasteiger partial charge in [-0.25, -0.2) is 4.79 Å². The van der Waals surface area contributed by atoms with Crippen molar-refractivity contribution >= 4 is 17.5 Å². The molecule has 10 heteroatoms. The van der Waals surface area contributed by atoms with Crippen molar-refractivity contribution in [3.05, 3.63) is 60.1 Å². The highest BCUT2D eigenvalue weighted by molar-refractivity contribution is 5.91. The standard InChI is InChI=1S/C22H23F3N4O3/c23-22(24,25)10-19(30)21(7-1-8-27-14-21)32-18-4-2-17(3-5-18)28-20(31)29-12-15-6-9-26-11-16(15)13-29/h2-6,9,11-12,26-27H,1,7-8,10,13-14H2,(H,28,31). The molecule has 170 valence electrons. The van der Waals surface area contributed by atoms with Gasteiger partial charge >= 0.3 is 12.2 Å². The number of piperidine rings is 1. The lowest BCUT2D eigenvalue weighted by Gasteiger charge is -2.37. The Morgan fingerprint density at radius 2 is 2.00 bits per heavy atom. The minimum atomic E-state index is -4.59. The number of allylic oxidation sites excluding steroid dienone is 1. The van der Waals surface area contributed by atoms with Crippen molar-refractivity contribution in [1.82, 2.24) is 15.5 Å². The molecular weight excluding hydrogens is 425 g/mol. The van der Waals surface area contributed by atoms with E-state index in [9.17, 15) is 22.8 Å². The van der Waals surface area contributed by atoms with Crippen LogP contribution in [0.3, 0.4) is 0 Å². The van der Waals surface area contributed by atoms with Crippen molar-refractivity contribution < 1.29 is 27.5 Å². The summed E-state index contributed by atoms with van der Waals surface area (Å²) in [5.41, 5.74) is 0.890. The highest BCUT2D eigenvalue weighted by atomic mass is 19.4. The lowest BCUT2D eigenvalue weighted by Crippen LogP contribution is -2.56. The number of hydrogen-bond donors (Lipinski definition) is 3. The lowest BCUT2D eigenvalue weighted by atomic mass is 9.87. The Balaban J connectivity index is 1.41. The zero-order valence-electron chi connectivity index (χ0n) is 17.2. The summed E-state index contributed by atoms with van der Waals surface area (Å²) >= 11 is 0. The number of amides is 2. The number of fused-ring (bicyclic) bond motifs is 1. The number of hydrogen-bond acceptors (Lipinski definition) is 5. The third-order valence-electron chi connectivity index (χ3n) is 5.52. The summed E-state index contributed by atoms with van der Waals surface area (Å²) in [6.45, 7) is 1.07. The number of urea groups is 1. The zero-order valence-corrected chi connectivity index (χ0v) is 17.2. The molecule has 0 saturated carbocycles. The van der Waals surface area contributed by atoms with Gasteiger partial charge in [-0.15, -0.1) is 0 Å². The largest absolute Gasteiger partial charge is 0.478 e. The van der Waals surface area contributed by atoms with Crippen LogP contribution in [0.15, 0.2) is 60.1 Å². The number of carbonyl (C=O) groups excluding carboxylic acids is 2. The molecule has 0 aromatic heterocycles. The number of carbonyl (C=O) groups is 2. The first kappa shape index (κ1) is 21.9. The van der Waals surface area contributed by atoms with Crippen molar-refractivity contribution in [3.63, 3.8) is 0 Å². The number of anilines is 1. The van der Waals surface area contributed by atoms with Crippen molar-refractivity contribution in [2.24, 2.45) is 0 Å². The van der Waals surface area contributed by atoms with Gasteiger partial charge < -0.3 is 20.7 Å². The van der Waals surface area contributed by atoms with Gasteiger partial charge in [0.1, 0.15) is 12.2 Å². The number of alkyl halides is 3. The average Bonchev–Trinajstić information content (AvgIpc) is 3.19. The topological polar surface area (TPSA) is 82.7 Å². The smallest absolute Gasteiger partial charge is 0.396 e. The molecule has 3 aliphatic rings. The lowest BCUT2D eigenvalue weighted by molar-refractivity contribution is -0.164. The quantitative estimate of drug-likeness (QED) is 0.643. The fourth-order valence-electron chi connectivity index (χ4n) is 3.90. The maximum absolute atomic E-state index is 12.8. The molecule has 1 aromatic carbocycles. The predicted molar refractivity (Wildman–Crippen MR) is 112 cm³/mol. The Bertz CT molecular complexity index is 977. The van der Waals surface area contributed by atoms with Gasteiger partial charge in [0.2, 0.25) is 0 Å². The van der Waals surface area contributed by atoms with Crippen LogP contribution in [0.25, 0.3) is 0 Å². The van der Waals surface area contributed by atoms with Gasteiger partial charge in [-0.3, -0.25) is 9.69 Å². The van der Waals surface area contributed by atoms with Crippen LogP contribution in [-0.4, -0.2) is 48.1 Å². The number of nitrogens with one attached hydrogen (secondary N) is 3. The highest BCUT2D eigenvalue weighted by Crippen LogP contribution is 2.32. The Morgan fingerprint density at radius 1 is 1.22 bits per heavy atom. The first-order valence-corrected chi connectivity index (χ1v) is 10.3. The first-order chi connectivity index (χ1) is 15.2. The van der Waals surface area contributed by atoms with Crippen LogP contribution in [0.5, 0.6) is 5.75 Å². The molecule has 1 atom stereocenters. The highest BCUT2D eigenvalue weighted by Gasteiger charge is 2.46. The van der Waals surface area contributed by atoms with E-state index < -0.39 is 24.0 Å². The van der Waals surface area contributed by atoms with Crippen molar-refractivity contribution in [3.8, 4) is 5.75 Å². The minimum absolute atomic E-state index is 0.0170. The van der Waals surface area contributed by atoms with Crippen LogP contribution >= 0.6 is 0 Å². The summed E-state index contributed by atoms with van der Waals surface area (Å²) in [6, 6.07) is 5.92. The Morgan fingerprint density at radius 3 is 2.66 bits per heavy atom. The van der Waals surface area contributed by atoms with Gasteiger partial charge in [0.25, 0.3) is 0 Å². The summed E-state index contributed by atoms with van der Waals surface area (Å²) < 4.78 is 44.2. The monoisotopic (exact) mass is 448 g/mol. The van der Waals surface area contributed by atoms with Gasteiger partial charge in [-0.1, -0.05) is 0 Å². The van der Waals surface area contributed by atoms with Crippen LogP contribution in [0.1, 0.15) is 19.3 Å². The molecule has 1 fully saturated rings. The number of ketones is 1. The minimum Gasteiger partial charge on any atom is -0.478 e. The summed E-state index contributed by atoms with van der Waals surface area (Å²) in [5.74, 6) is -0.728. The van der Waals surface area contributed by atoms with E-state index in [1.807, 2.05) is 12.3 Å². The SMILES string of the molecule is O=C(Nc1ccc(OC2(C(=O)CC(F)(F)F)CCCNC2)cc1)N1C=C2C=CNC=C2C1. The Labute approximate surface area is 183 Å². The third kappa shape index (κ3) is 4.96. The van der Waals surface area contributed by atoms with E-state index in [-0.39, 0.29) is 24.7 Å². The van der Waals surface area contributed by atoms with Crippen molar-refractivity contribution in [2.75, 3.05) is 25.0 Å². The van der Waals surface area contributed by atoms with E-state index in [0.717, 1.165) is 11.1 Å². The van der Waals surface area contributed by atoms with E-state index in [2.05, 4.69) is 16.0 Å². The maximum Gasteiger partial charge on any atom is 0.396 e. The fourth-order valence-corrected chi connectivity index (χ4v) is 3.90. The average molecular weight is 448 g/mol. The molecule has 0 aliphatic carbocycles. The molecule has 0 radical (unpaired) electrons. The number of benzene rings is 1. The summed E-state index contributed by atoms with van der Waals surface area (Å²) in [6.07, 6.45) is 1.86. The third-order valence-corrected chi connectivity index (χ3v) is 5.52. The molecule has 1 saturated heterocycles. The van der Waals surface area contributed by atoms with Crippen molar-refractivity contribution in [1.29, 1.82) is 0 Å². The van der Waals surface area contributed by atoms with Gasteiger partial charge in [0, 0.05) is 30.8 Å². The van der Waals surface area contributed by atoms with E-state index in [1.54, 1.807) is 29.4 Å². The predicted octanol–water partition coefficient (Wildman–Crippen LogP) is 3.44. The molecule has 4 rings (SSSR count). The Kier molecular flexibility index (Phi) is 5.96. The molecule has 3 N–H and O–H groups in total. The maximum atomic E-state index is 12.8. The number of halogens is 3. The van der Waals surface area contributed by atoms with Crippen LogP contribution in [-0.2, 0) is 4.79 Å².